The minimum absolute atomic E-state index is 0.0479. The molecule has 1 amide bonds. The Balaban J connectivity index is 1.34. The van der Waals surface area contributed by atoms with E-state index in [4.69, 9.17) is 9.47 Å². The Hall–Kier alpha value is -5.42. The molecule has 6 aromatic carbocycles. The normalized spacial score (nSPS) is 11.5. The van der Waals surface area contributed by atoms with E-state index in [2.05, 4.69) is 29.6 Å². The number of anilines is 1. The van der Waals surface area contributed by atoms with E-state index in [0.29, 0.717) is 16.9 Å². The van der Waals surface area contributed by atoms with Gasteiger partial charge < -0.3 is 14.8 Å². The molecule has 0 atom stereocenters. The maximum absolute atomic E-state index is 13.8. The minimum Gasteiger partial charge on any atom is -0.488 e. The highest BCUT2D eigenvalue weighted by Gasteiger charge is 2.15. The van der Waals surface area contributed by atoms with E-state index in [1.807, 2.05) is 72.8 Å². The third kappa shape index (κ3) is 5.52. The zero-order valence-corrected chi connectivity index (χ0v) is 22.5. The van der Waals surface area contributed by atoms with E-state index in [9.17, 15) is 9.59 Å². The summed E-state index contributed by atoms with van der Waals surface area (Å²) >= 11 is 0. The number of amides is 1. The molecular formula is C36H27NO4. The van der Waals surface area contributed by atoms with E-state index in [0.717, 1.165) is 43.6 Å². The van der Waals surface area contributed by atoms with Crippen LogP contribution in [-0.4, -0.2) is 25.6 Å². The van der Waals surface area contributed by atoms with Gasteiger partial charge in [0, 0.05) is 16.5 Å². The monoisotopic (exact) mass is 537 g/mol. The van der Waals surface area contributed by atoms with Crippen LogP contribution in [0.25, 0.3) is 38.4 Å². The number of hydrogen-bond donors (Lipinski definition) is 1. The molecule has 0 aliphatic carbocycles. The average Bonchev–Trinajstić information content (AvgIpc) is 3.02. The van der Waals surface area contributed by atoms with Crippen molar-refractivity contribution in [3.63, 3.8) is 0 Å². The van der Waals surface area contributed by atoms with Crippen molar-refractivity contribution in [1.29, 1.82) is 0 Å². The maximum atomic E-state index is 13.8. The first-order chi connectivity index (χ1) is 20.1. The Morgan fingerprint density at radius 2 is 1.34 bits per heavy atom. The quantitative estimate of drug-likeness (QED) is 0.127. The molecule has 0 radical (unpaired) electrons. The van der Waals surface area contributed by atoms with Gasteiger partial charge in [-0.2, -0.15) is 0 Å². The molecule has 0 saturated heterocycles. The number of esters is 1. The number of nitrogens with one attached hydrogen (secondary N) is 1. The summed E-state index contributed by atoms with van der Waals surface area (Å²) < 4.78 is 11.0. The van der Waals surface area contributed by atoms with Crippen LogP contribution in [0.1, 0.15) is 15.9 Å². The second kappa shape index (κ2) is 11.4. The van der Waals surface area contributed by atoms with Crippen molar-refractivity contribution >= 4 is 56.0 Å². The highest BCUT2D eigenvalue weighted by Crippen LogP contribution is 2.30. The molecule has 200 valence electrons. The van der Waals surface area contributed by atoms with Crippen LogP contribution < -0.4 is 10.1 Å². The van der Waals surface area contributed by atoms with Crippen molar-refractivity contribution in [2.75, 3.05) is 19.0 Å². The lowest BCUT2D eigenvalue weighted by Gasteiger charge is -2.14. The lowest BCUT2D eigenvalue weighted by molar-refractivity contribution is -0.113. The van der Waals surface area contributed by atoms with Crippen LogP contribution in [0.4, 0.5) is 5.69 Å². The standard InChI is InChI=1S/C36H27NO4/c1-40-36(39)26-18-16-24(17-19-26)20-30(23-41-34-15-7-11-25-8-4-5-13-31(25)34)35(38)37-33-14-6-12-29-21-27-9-2-3-10-28(27)22-32(29)33/h2-22H,23H2,1H3,(H,37,38). The number of benzene rings is 6. The maximum Gasteiger partial charge on any atom is 0.337 e. The molecule has 0 aliphatic rings. The molecule has 0 bridgehead atoms. The molecule has 0 aliphatic heterocycles. The lowest BCUT2D eigenvalue weighted by Crippen LogP contribution is -2.19. The van der Waals surface area contributed by atoms with Crippen molar-refractivity contribution in [1.82, 2.24) is 0 Å². The SMILES string of the molecule is COC(=O)c1ccc(C=C(COc2cccc3ccccc23)C(=O)Nc2cccc3cc4ccccc4cc23)cc1. The Kier molecular flexibility index (Phi) is 7.16. The van der Waals surface area contributed by atoms with E-state index in [-0.39, 0.29) is 12.5 Å². The molecule has 0 spiro atoms. The Bertz CT molecular complexity index is 1930. The fourth-order valence-electron chi connectivity index (χ4n) is 4.96. The molecule has 5 heteroatoms. The molecule has 0 saturated carbocycles. The Labute approximate surface area is 237 Å². The van der Waals surface area contributed by atoms with E-state index in [1.54, 1.807) is 30.3 Å². The smallest absolute Gasteiger partial charge is 0.337 e. The summed E-state index contributed by atoms with van der Waals surface area (Å²) in [6.45, 7) is 0.0479. The van der Waals surface area contributed by atoms with Crippen LogP contribution >= 0.6 is 0 Å². The van der Waals surface area contributed by atoms with E-state index < -0.39 is 5.97 Å². The van der Waals surface area contributed by atoms with Gasteiger partial charge in [-0.15, -0.1) is 0 Å². The number of hydrogen-bond acceptors (Lipinski definition) is 4. The molecule has 5 nitrogen and oxygen atoms in total. The zero-order chi connectivity index (χ0) is 28.2. The minimum atomic E-state index is -0.415. The summed E-state index contributed by atoms with van der Waals surface area (Å²) in [5.41, 5.74) is 2.34. The zero-order valence-electron chi connectivity index (χ0n) is 22.5. The number of carbonyl (C=O) groups is 2. The van der Waals surface area contributed by atoms with Gasteiger partial charge in [0.1, 0.15) is 12.4 Å². The Morgan fingerprint density at radius 1 is 0.683 bits per heavy atom. The summed E-state index contributed by atoms with van der Waals surface area (Å²) in [6.07, 6.45) is 1.78. The highest BCUT2D eigenvalue weighted by molar-refractivity contribution is 6.12. The van der Waals surface area contributed by atoms with Crippen molar-refractivity contribution in [2.24, 2.45) is 0 Å². The fraction of sp³-hybridized carbons (Fsp3) is 0.0556. The third-order valence-corrected chi connectivity index (χ3v) is 7.09. The summed E-state index contributed by atoms with van der Waals surface area (Å²) in [6, 6.07) is 39.0. The number of methoxy groups -OCH3 is 1. The van der Waals surface area contributed by atoms with Gasteiger partial charge in [-0.3, -0.25) is 4.79 Å². The van der Waals surface area contributed by atoms with Gasteiger partial charge in [0.2, 0.25) is 0 Å². The molecule has 0 fully saturated rings. The van der Waals surface area contributed by atoms with Gasteiger partial charge in [-0.05, 0) is 69.6 Å². The first kappa shape index (κ1) is 25.8. The van der Waals surface area contributed by atoms with Crippen molar-refractivity contribution in [3.8, 4) is 5.75 Å². The predicted octanol–water partition coefficient (Wildman–Crippen LogP) is 8.03. The molecular weight excluding hydrogens is 510 g/mol. The highest BCUT2D eigenvalue weighted by atomic mass is 16.5. The first-order valence-electron chi connectivity index (χ1n) is 13.3. The number of fused-ring (bicyclic) bond motifs is 3. The average molecular weight is 538 g/mol. The van der Waals surface area contributed by atoms with Gasteiger partial charge >= 0.3 is 5.97 Å². The van der Waals surface area contributed by atoms with Crippen LogP contribution in [0.2, 0.25) is 0 Å². The van der Waals surface area contributed by atoms with Gasteiger partial charge in [0.05, 0.1) is 18.2 Å². The predicted molar refractivity (Wildman–Crippen MR) is 165 cm³/mol. The first-order valence-corrected chi connectivity index (χ1v) is 13.3. The fourth-order valence-corrected chi connectivity index (χ4v) is 4.96. The van der Waals surface area contributed by atoms with Gasteiger partial charge in [-0.25, -0.2) is 4.79 Å². The summed E-state index contributed by atoms with van der Waals surface area (Å²) in [4.78, 5) is 25.7. The molecule has 0 heterocycles. The van der Waals surface area contributed by atoms with Crippen LogP contribution in [0.3, 0.4) is 0 Å². The Morgan fingerprint density at radius 3 is 2.12 bits per heavy atom. The second-order valence-corrected chi connectivity index (χ2v) is 9.73. The lowest BCUT2D eigenvalue weighted by atomic mass is 10.0. The number of rotatable bonds is 7. The summed E-state index contributed by atoms with van der Waals surface area (Å²) in [7, 11) is 1.35. The molecule has 0 unspecified atom stereocenters. The van der Waals surface area contributed by atoms with Crippen molar-refractivity contribution < 1.29 is 19.1 Å². The van der Waals surface area contributed by atoms with Crippen molar-refractivity contribution in [2.45, 2.75) is 0 Å². The summed E-state index contributed by atoms with van der Waals surface area (Å²) in [5.74, 6) is 0.00340. The summed E-state index contributed by atoms with van der Waals surface area (Å²) in [5, 5.41) is 9.38. The van der Waals surface area contributed by atoms with Crippen LogP contribution in [0.15, 0.2) is 127 Å². The van der Waals surface area contributed by atoms with Crippen LogP contribution in [0.5, 0.6) is 5.75 Å². The molecule has 41 heavy (non-hydrogen) atoms. The van der Waals surface area contributed by atoms with E-state index in [1.165, 1.54) is 7.11 Å². The van der Waals surface area contributed by atoms with Gasteiger partial charge in [-0.1, -0.05) is 84.9 Å². The molecule has 6 rings (SSSR count). The van der Waals surface area contributed by atoms with Gasteiger partial charge in [0.25, 0.3) is 5.91 Å². The second-order valence-electron chi connectivity index (χ2n) is 9.73. The number of ether oxygens (including phenoxy) is 2. The largest absolute Gasteiger partial charge is 0.488 e. The third-order valence-electron chi connectivity index (χ3n) is 7.09. The molecule has 0 aromatic heterocycles. The van der Waals surface area contributed by atoms with Crippen LogP contribution in [-0.2, 0) is 9.53 Å². The van der Waals surface area contributed by atoms with Crippen LogP contribution in [0, 0.1) is 0 Å². The molecule has 6 aromatic rings. The van der Waals surface area contributed by atoms with Crippen molar-refractivity contribution in [3.05, 3.63) is 138 Å². The van der Waals surface area contributed by atoms with E-state index >= 15 is 0 Å². The van der Waals surface area contributed by atoms with Gasteiger partial charge in [0.15, 0.2) is 0 Å². The topological polar surface area (TPSA) is 64.6 Å². The molecule has 1 N–H and O–H groups in total. The number of carbonyl (C=O) groups excluding carboxylic acids is 2.